The highest BCUT2D eigenvalue weighted by Gasteiger charge is 2.15. The van der Waals surface area contributed by atoms with Crippen LogP contribution < -0.4 is 9.64 Å². The molecule has 1 aromatic carbocycles. The number of rotatable bonds is 7. The van der Waals surface area contributed by atoms with E-state index >= 15 is 0 Å². The Kier molecular flexibility index (Phi) is 6.34. The molecule has 0 unspecified atom stereocenters. The van der Waals surface area contributed by atoms with Gasteiger partial charge in [-0.25, -0.2) is 9.37 Å². The number of nitrogens with zero attached hydrogens (tertiary/aromatic N) is 2. The van der Waals surface area contributed by atoms with E-state index in [0.29, 0.717) is 11.3 Å². The molecule has 6 nitrogen and oxygen atoms in total. The molecule has 1 N–H and O–H groups in total. The summed E-state index contributed by atoms with van der Waals surface area (Å²) in [6, 6.07) is 8.07. The van der Waals surface area contributed by atoms with Gasteiger partial charge in [0.25, 0.3) is 5.88 Å². The minimum atomic E-state index is -0.673. The summed E-state index contributed by atoms with van der Waals surface area (Å²) < 4.78 is 23.7. The number of esters is 1. The molecule has 0 aliphatic carbocycles. The van der Waals surface area contributed by atoms with Crippen LogP contribution in [0.5, 0.6) is 5.88 Å². The van der Waals surface area contributed by atoms with E-state index in [-0.39, 0.29) is 30.8 Å². The van der Waals surface area contributed by atoms with Crippen LogP contribution in [0.15, 0.2) is 36.5 Å². The topological polar surface area (TPSA) is 71.9 Å². The molecule has 128 valence electrons. The first kappa shape index (κ1) is 18.0. The molecule has 0 aliphatic rings. The number of anilines is 1. The highest BCUT2D eigenvalue weighted by Crippen LogP contribution is 2.23. The Labute approximate surface area is 143 Å². The fraction of sp³-hybridized carbons (Fsp3) is 0.250. The first-order valence-electron chi connectivity index (χ1n) is 6.99. The Morgan fingerprint density at radius 1 is 1.42 bits per heavy atom. The molecule has 0 saturated heterocycles. The first-order valence-corrected chi connectivity index (χ1v) is 7.37. The predicted molar refractivity (Wildman–Crippen MR) is 86.4 cm³/mol. The van der Waals surface area contributed by atoms with Crippen LogP contribution in [0, 0.1) is 5.82 Å². The summed E-state index contributed by atoms with van der Waals surface area (Å²) in [4.78, 5) is 16.6. The fourth-order valence-electron chi connectivity index (χ4n) is 2.03. The second-order valence-electron chi connectivity index (χ2n) is 4.77. The Hall–Kier alpha value is -2.38. The number of benzene rings is 1. The molecule has 0 saturated carbocycles. The van der Waals surface area contributed by atoms with Gasteiger partial charge in [-0.05, 0) is 12.1 Å². The van der Waals surface area contributed by atoms with Crippen molar-refractivity contribution in [2.75, 3.05) is 25.3 Å². The fourth-order valence-corrected chi connectivity index (χ4v) is 2.17. The van der Waals surface area contributed by atoms with Crippen molar-refractivity contribution in [2.45, 2.75) is 6.61 Å². The van der Waals surface area contributed by atoms with Crippen molar-refractivity contribution in [1.82, 2.24) is 4.98 Å². The summed E-state index contributed by atoms with van der Waals surface area (Å²) in [6.45, 7) is -0.517. The van der Waals surface area contributed by atoms with Gasteiger partial charge in [-0.15, -0.1) is 0 Å². The van der Waals surface area contributed by atoms with Gasteiger partial charge >= 0.3 is 5.97 Å². The molecule has 0 bridgehead atoms. The zero-order chi connectivity index (χ0) is 17.5. The molecule has 2 aromatic rings. The van der Waals surface area contributed by atoms with Crippen molar-refractivity contribution in [2.24, 2.45) is 0 Å². The van der Waals surface area contributed by atoms with Gasteiger partial charge < -0.3 is 19.5 Å². The smallest absolute Gasteiger partial charge is 0.325 e. The van der Waals surface area contributed by atoms with E-state index in [1.54, 1.807) is 24.3 Å². The number of para-hydroxylation sites is 1. The molecule has 0 amide bonds. The maximum absolute atomic E-state index is 13.7. The van der Waals surface area contributed by atoms with Gasteiger partial charge in [0.1, 0.15) is 19.9 Å². The standard InChI is InChI=1S/C16H16ClFN2O4/c1-23-15(22)8-20(10-21)14-5-3-2-4-11(14)9-24-16-13(18)6-12(17)7-19-16/h2-7,21H,8-10H2,1H3. The van der Waals surface area contributed by atoms with Crippen LogP contribution in [0.25, 0.3) is 0 Å². The second kappa shape index (κ2) is 8.47. The van der Waals surface area contributed by atoms with Gasteiger partial charge in [0.15, 0.2) is 5.82 Å². The maximum atomic E-state index is 13.7. The van der Waals surface area contributed by atoms with E-state index in [0.717, 1.165) is 6.07 Å². The zero-order valence-corrected chi connectivity index (χ0v) is 13.7. The highest BCUT2D eigenvalue weighted by atomic mass is 35.5. The van der Waals surface area contributed by atoms with Crippen molar-refractivity contribution in [3.8, 4) is 5.88 Å². The summed E-state index contributed by atoms with van der Waals surface area (Å²) in [5.74, 6) is -1.35. The van der Waals surface area contributed by atoms with Gasteiger partial charge in [0.05, 0.1) is 12.1 Å². The molecular weight excluding hydrogens is 339 g/mol. The molecule has 0 fully saturated rings. The van der Waals surface area contributed by atoms with Gasteiger partial charge in [-0.1, -0.05) is 29.8 Å². The van der Waals surface area contributed by atoms with Crippen LogP contribution in [0.4, 0.5) is 10.1 Å². The largest absolute Gasteiger partial charge is 0.471 e. The summed E-state index contributed by atoms with van der Waals surface area (Å²) in [7, 11) is 1.27. The number of aliphatic hydroxyl groups is 1. The molecule has 0 spiro atoms. The molecule has 1 heterocycles. The number of carbonyl (C=O) groups is 1. The van der Waals surface area contributed by atoms with Crippen molar-refractivity contribution in [1.29, 1.82) is 0 Å². The van der Waals surface area contributed by atoms with Crippen LogP contribution in [-0.4, -0.2) is 36.4 Å². The number of hydrogen-bond acceptors (Lipinski definition) is 6. The Morgan fingerprint density at radius 2 is 2.17 bits per heavy atom. The second-order valence-corrected chi connectivity index (χ2v) is 5.21. The van der Waals surface area contributed by atoms with E-state index in [2.05, 4.69) is 9.72 Å². The van der Waals surface area contributed by atoms with Crippen LogP contribution in [0.2, 0.25) is 5.02 Å². The van der Waals surface area contributed by atoms with Crippen LogP contribution in [0.1, 0.15) is 5.56 Å². The lowest BCUT2D eigenvalue weighted by atomic mass is 10.1. The van der Waals surface area contributed by atoms with Crippen molar-refractivity contribution < 1.29 is 23.8 Å². The van der Waals surface area contributed by atoms with Gasteiger partial charge in [0.2, 0.25) is 0 Å². The number of carbonyl (C=O) groups excluding carboxylic acids is 1. The third-order valence-electron chi connectivity index (χ3n) is 3.19. The Balaban J connectivity index is 2.17. The molecule has 1 aromatic heterocycles. The van der Waals surface area contributed by atoms with E-state index in [1.807, 2.05) is 0 Å². The molecule has 2 rings (SSSR count). The van der Waals surface area contributed by atoms with Crippen molar-refractivity contribution in [3.05, 3.63) is 52.9 Å². The van der Waals surface area contributed by atoms with E-state index in [4.69, 9.17) is 16.3 Å². The maximum Gasteiger partial charge on any atom is 0.325 e. The minimum Gasteiger partial charge on any atom is -0.471 e. The molecule has 0 aliphatic heterocycles. The number of pyridine rings is 1. The minimum absolute atomic E-state index is 0.000597. The van der Waals surface area contributed by atoms with E-state index in [1.165, 1.54) is 18.2 Å². The number of ether oxygens (including phenoxy) is 2. The quantitative estimate of drug-likeness (QED) is 0.608. The Bertz CT molecular complexity index is 714. The van der Waals surface area contributed by atoms with E-state index < -0.39 is 11.8 Å². The summed E-state index contributed by atoms with van der Waals surface area (Å²) >= 11 is 5.65. The number of halogens is 2. The van der Waals surface area contributed by atoms with Crippen molar-refractivity contribution in [3.63, 3.8) is 0 Å². The predicted octanol–water partition coefficient (Wildman–Crippen LogP) is 2.38. The highest BCUT2D eigenvalue weighted by molar-refractivity contribution is 6.30. The average molecular weight is 355 g/mol. The van der Waals surface area contributed by atoms with Gasteiger partial charge in [0, 0.05) is 17.4 Å². The van der Waals surface area contributed by atoms with Crippen LogP contribution in [-0.2, 0) is 16.1 Å². The molecule has 8 heteroatoms. The Morgan fingerprint density at radius 3 is 2.83 bits per heavy atom. The monoisotopic (exact) mass is 354 g/mol. The summed E-state index contributed by atoms with van der Waals surface area (Å²) in [5.41, 5.74) is 1.21. The third-order valence-corrected chi connectivity index (χ3v) is 3.40. The number of aromatic nitrogens is 1. The zero-order valence-electron chi connectivity index (χ0n) is 12.9. The molecule has 24 heavy (non-hydrogen) atoms. The number of aliphatic hydroxyl groups excluding tert-OH is 1. The lowest BCUT2D eigenvalue weighted by Crippen LogP contribution is -2.32. The van der Waals surface area contributed by atoms with Crippen LogP contribution in [0.3, 0.4) is 0 Å². The molecule has 0 radical (unpaired) electrons. The number of methoxy groups -OCH3 is 1. The normalized spacial score (nSPS) is 10.3. The first-order chi connectivity index (χ1) is 11.5. The lowest BCUT2D eigenvalue weighted by molar-refractivity contribution is -0.139. The van der Waals surface area contributed by atoms with Gasteiger partial charge in [-0.3, -0.25) is 4.79 Å². The van der Waals surface area contributed by atoms with Crippen molar-refractivity contribution >= 4 is 23.3 Å². The van der Waals surface area contributed by atoms with Gasteiger partial charge in [-0.2, -0.15) is 0 Å². The lowest BCUT2D eigenvalue weighted by Gasteiger charge is -2.23. The van der Waals surface area contributed by atoms with Crippen LogP contribution >= 0.6 is 11.6 Å². The summed E-state index contributed by atoms with van der Waals surface area (Å²) in [6.07, 6.45) is 1.28. The summed E-state index contributed by atoms with van der Waals surface area (Å²) in [5, 5.41) is 9.67. The number of hydrogen-bond donors (Lipinski definition) is 1. The molecular formula is C16H16ClFN2O4. The third kappa shape index (κ3) is 4.56. The molecule has 0 atom stereocenters. The SMILES string of the molecule is COC(=O)CN(CO)c1ccccc1COc1ncc(Cl)cc1F. The average Bonchev–Trinajstić information content (AvgIpc) is 2.59. The van der Waals surface area contributed by atoms with E-state index in [9.17, 15) is 14.3 Å².